The summed E-state index contributed by atoms with van der Waals surface area (Å²) in [6.45, 7) is 0. The summed E-state index contributed by atoms with van der Waals surface area (Å²) < 4.78 is 4.98. The number of methoxy groups -OCH3 is 1. The predicted molar refractivity (Wildman–Crippen MR) is 79.8 cm³/mol. The van der Waals surface area contributed by atoms with Gasteiger partial charge in [-0.2, -0.15) is 4.98 Å². The summed E-state index contributed by atoms with van der Waals surface area (Å²) in [7, 11) is 1.46. The normalized spacial score (nSPS) is 10.6. The number of para-hydroxylation sites is 1. The van der Waals surface area contributed by atoms with E-state index < -0.39 is 0 Å². The van der Waals surface area contributed by atoms with Crippen LogP contribution < -0.4 is 10.1 Å². The molecule has 2 aromatic heterocycles. The molecule has 0 unspecified atom stereocenters. The smallest absolute Gasteiger partial charge is 0.274 e. The van der Waals surface area contributed by atoms with E-state index in [0.29, 0.717) is 5.69 Å². The summed E-state index contributed by atoms with van der Waals surface area (Å²) >= 11 is 5.83. The molecular weight excluding hydrogens is 292 g/mol. The molecule has 1 aromatic carbocycles. The summed E-state index contributed by atoms with van der Waals surface area (Å²) in [5.74, 6) is 0.0143. The highest BCUT2D eigenvalue weighted by Gasteiger charge is 2.12. The molecule has 1 amide bonds. The Morgan fingerprint density at radius 1 is 1.29 bits per heavy atom. The zero-order valence-corrected chi connectivity index (χ0v) is 11.8. The van der Waals surface area contributed by atoms with Crippen molar-refractivity contribution in [1.82, 2.24) is 15.0 Å². The molecular formula is C14H11ClN4O2. The molecule has 0 bridgehead atoms. The second-order valence-electron chi connectivity index (χ2n) is 4.28. The number of nitrogens with one attached hydrogen (secondary N) is 2. The number of hydrogen-bond acceptors (Lipinski definition) is 4. The number of aromatic nitrogens is 3. The van der Waals surface area contributed by atoms with Gasteiger partial charge in [0.25, 0.3) is 5.91 Å². The summed E-state index contributed by atoms with van der Waals surface area (Å²) in [4.78, 5) is 23.2. The predicted octanol–water partition coefficient (Wildman–Crippen LogP) is 2.87. The molecule has 2 N–H and O–H groups in total. The fourth-order valence-electron chi connectivity index (χ4n) is 1.92. The van der Waals surface area contributed by atoms with Crippen LogP contribution in [0, 0.1) is 0 Å². The Kier molecular flexibility index (Phi) is 3.45. The van der Waals surface area contributed by atoms with Crippen molar-refractivity contribution in [1.29, 1.82) is 0 Å². The third-order valence-electron chi connectivity index (χ3n) is 2.88. The van der Waals surface area contributed by atoms with Crippen LogP contribution in [-0.2, 0) is 0 Å². The lowest BCUT2D eigenvalue weighted by Crippen LogP contribution is -2.14. The van der Waals surface area contributed by atoms with Gasteiger partial charge in [0.15, 0.2) is 0 Å². The van der Waals surface area contributed by atoms with Gasteiger partial charge >= 0.3 is 0 Å². The van der Waals surface area contributed by atoms with Crippen molar-refractivity contribution in [3.05, 3.63) is 47.2 Å². The molecule has 0 saturated carbocycles. The molecule has 0 fully saturated rings. The minimum Gasteiger partial charge on any atom is -0.481 e. The van der Waals surface area contributed by atoms with Gasteiger partial charge < -0.3 is 9.72 Å². The number of carbonyl (C=O) groups excluding carboxylic acids is 1. The Bertz CT molecular complexity index is 783. The van der Waals surface area contributed by atoms with E-state index in [1.165, 1.54) is 13.2 Å². The Balaban J connectivity index is 1.87. The molecule has 0 spiro atoms. The van der Waals surface area contributed by atoms with Crippen LogP contribution in [0.15, 0.2) is 36.4 Å². The van der Waals surface area contributed by atoms with Crippen molar-refractivity contribution in [2.24, 2.45) is 0 Å². The van der Waals surface area contributed by atoms with E-state index in [4.69, 9.17) is 16.3 Å². The second kappa shape index (κ2) is 5.41. The van der Waals surface area contributed by atoms with Gasteiger partial charge in [-0.3, -0.25) is 10.1 Å². The number of benzene rings is 1. The average Bonchev–Trinajstić information content (AvgIpc) is 2.90. The fourth-order valence-corrected chi connectivity index (χ4v) is 2.10. The molecule has 0 atom stereocenters. The van der Waals surface area contributed by atoms with Crippen LogP contribution >= 0.6 is 11.6 Å². The monoisotopic (exact) mass is 302 g/mol. The standard InChI is InChI=1S/C14H11ClN4O2/c1-21-12-7-11(15)17-14(18-12)19-13(20)10-6-8-4-2-3-5-9(8)16-10/h2-7,16H,1H3,(H,17,18,19,20). The largest absolute Gasteiger partial charge is 0.481 e. The summed E-state index contributed by atoms with van der Waals surface area (Å²) in [6, 6.07) is 10.8. The van der Waals surface area contributed by atoms with Crippen molar-refractivity contribution in [3.63, 3.8) is 0 Å². The number of ether oxygens (including phenoxy) is 1. The lowest BCUT2D eigenvalue weighted by molar-refractivity contribution is 0.102. The van der Waals surface area contributed by atoms with Gasteiger partial charge in [-0.05, 0) is 12.1 Å². The molecule has 0 aliphatic carbocycles. The molecule has 7 heteroatoms. The van der Waals surface area contributed by atoms with Crippen LogP contribution in [0.1, 0.15) is 10.5 Å². The van der Waals surface area contributed by atoms with E-state index in [-0.39, 0.29) is 22.9 Å². The summed E-state index contributed by atoms with van der Waals surface area (Å²) in [5, 5.41) is 3.72. The van der Waals surface area contributed by atoms with Gasteiger partial charge in [0, 0.05) is 17.0 Å². The molecule has 21 heavy (non-hydrogen) atoms. The van der Waals surface area contributed by atoms with Gasteiger partial charge in [0.1, 0.15) is 10.8 Å². The number of hydrogen-bond donors (Lipinski definition) is 2. The van der Waals surface area contributed by atoms with Crippen LogP contribution in [0.2, 0.25) is 5.15 Å². The number of amides is 1. The van der Waals surface area contributed by atoms with Gasteiger partial charge in [0.2, 0.25) is 11.8 Å². The minimum absolute atomic E-state index is 0.0861. The number of aromatic amines is 1. The first kappa shape index (κ1) is 13.4. The molecule has 3 rings (SSSR count). The van der Waals surface area contributed by atoms with Gasteiger partial charge in [-0.1, -0.05) is 29.8 Å². The first-order chi connectivity index (χ1) is 10.2. The average molecular weight is 303 g/mol. The van der Waals surface area contributed by atoms with Crippen LogP contribution in [-0.4, -0.2) is 28.0 Å². The zero-order chi connectivity index (χ0) is 14.8. The Morgan fingerprint density at radius 2 is 2.10 bits per heavy atom. The number of halogens is 1. The topological polar surface area (TPSA) is 79.9 Å². The van der Waals surface area contributed by atoms with Gasteiger partial charge in [-0.25, -0.2) is 4.98 Å². The number of fused-ring (bicyclic) bond motifs is 1. The maximum Gasteiger partial charge on any atom is 0.274 e. The van der Waals surface area contributed by atoms with Gasteiger partial charge in [-0.15, -0.1) is 0 Å². The maximum atomic E-state index is 12.2. The van der Waals surface area contributed by atoms with Crippen LogP contribution in [0.4, 0.5) is 5.95 Å². The molecule has 0 radical (unpaired) electrons. The third kappa shape index (κ3) is 2.80. The molecule has 3 aromatic rings. The molecule has 2 heterocycles. The Morgan fingerprint density at radius 3 is 2.86 bits per heavy atom. The highest BCUT2D eigenvalue weighted by Crippen LogP contribution is 2.18. The first-order valence-corrected chi connectivity index (χ1v) is 6.51. The number of carbonyl (C=O) groups is 1. The lowest BCUT2D eigenvalue weighted by Gasteiger charge is -2.04. The molecule has 0 saturated heterocycles. The van der Waals surface area contributed by atoms with Crippen LogP contribution in [0.5, 0.6) is 5.88 Å². The van der Waals surface area contributed by atoms with Crippen molar-refractivity contribution in [2.75, 3.05) is 12.4 Å². The van der Waals surface area contributed by atoms with E-state index >= 15 is 0 Å². The number of nitrogens with zero attached hydrogens (tertiary/aromatic N) is 2. The zero-order valence-electron chi connectivity index (χ0n) is 11.1. The quantitative estimate of drug-likeness (QED) is 0.729. The summed E-state index contributed by atoms with van der Waals surface area (Å²) in [6.07, 6.45) is 0. The number of anilines is 1. The Labute approximate surface area is 125 Å². The highest BCUT2D eigenvalue weighted by atomic mass is 35.5. The number of H-pyrrole nitrogens is 1. The molecule has 106 valence electrons. The van der Waals surface area contributed by atoms with E-state index in [1.807, 2.05) is 24.3 Å². The van der Waals surface area contributed by atoms with Crippen LogP contribution in [0.3, 0.4) is 0 Å². The SMILES string of the molecule is COc1cc(Cl)nc(NC(=O)c2cc3ccccc3[nH]2)n1. The van der Waals surface area contributed by atoms with E-state index in [1.54, 1.807) is 6.07 Å². The maximum absolute atomic E-state index is 12.2. The first-order valence-electron chi connectivity index (χ1n) is 6.13. The van der Waals surface area contributed by atoms with E-state index in [0.717, 1.165) is 10.9 Å². The highest BCUT2D eigenvalue weighted by molar-refractivity contribution is 6.29. The van der Waals surface area contributed by atoms with Crippen molar-refractivity contribution >= 4 is 34.4 Å². The van der Waals surface area contributed by atoms with Crippen molar-refractivity contribution in [3.8, 4) is 5.88 Å². The minimum atomic E-state index is -0.351. The van der Waals surface area contributed by atoms with E-state index in [9.17, 15) is 4.79 Å². The van der Waals surface area contributed by atoms with Crippen molar-refractivity contribution < 1.29 is 9.53 Å². The molecule has 0 aliphatic heterocycles. The Hall–Kier alpha value is -2.60. The van der Waals surface area contributed by atoms with Crippen LogP contribution in [0.25, 0.3) is 10.9 Å². The summed E-state index contributed by atoms with van der Waals surface area (Å²) in [5.41, 5.74) is 1.30. The fraction of sp³-hybridized carbons (Fsp3) is 0.0714. The van der Waals surface area contributed by atoms with Crippen molar-refractivity contribution in [2.45, 2.75) is 0 Å². The molecule has 6 nitrogen and oxygen atoms in total. The number of rotatable bonds is 3. The lowest BCUT2D eigenvalue weighted by atomic mass is 10.2. The molecule has 0 aliphatic rings. The van der Waals surface area contributed by atoms with Gasteiger partial charge in [0.05, 0.1) is 7.11 Å². The third-order valence-corrected chi connectivity index (χ3v) is 3.07. The second-order valence-corrected chi connectivity index (χ2v) is 4.67. The van der Waals surface area contributed by atoms with E-state index in [2.05, 4.69) is 20.3 Å².